The van der Waals surface area contributed by atoms with Crippen LogP contribution in [0.5, 0.6) is 0 Å². The summed E-state index contributed by atoms with van der Waals surface area (Å²) in [6.45, 7) is 0. The predicted octanol–water partition coefficient (Wildman–Crippen LogP) is 1.64. The SMILES string of the molecule is c1cc2ncn3c2c2c1ncn2[Si]31n2cnc3ccc4ncn1c4c32. The van der Waals surface area contributed by atoms with E-state index < -0.39 is 8.72 Å². The Labute approximate surface area is 139 Å². The van der Waals surface area contributed by atoms with Gasteiger partial charge >= 0.3 is 8.72 Å². The van der Waals surface area contributed by atoms with Gasteiger partial charge in [0.1, 0.15) is 0 Å². The van der Waals surface area contributed by atoms with Gasteiger partial charge in [-0.1, -0.05) is 0 Å². The zero-order valence-corrected chi connectivity index (χ0v) is 13.7. The first-order chi connectivity index (χ1) is 12.4. The highest BCUT2D eigenvalue weighted by Gasteiger charge is 2.56. The average Bonchev–Trinajstić information content (AvgIpc) is 3.42. The van der Waals surface area contributed by atoms with Gasteiger partial charge in [-0.2, -0.15) is 0 Å². The summed E-state index contributed by atoms with van der Waals surface area (Å²) in [5, 5.41) is 0. The van der Waals surface area contributed by atoms with E-state index in [4.69, 9.17) is 0 Å². The Balaban J connectivity index is 1.75. The molecule has 116 valence electrons. The van der Waals surface area contributed by atoms with Crippen molar-refractivity contribution in [1.82, 2.24) is 36.9 Å². The normalized spacial score (nSPS) is 16.3. The van der Waals surface area contributed by atoms with Crippen molar-refractivity contribution in [3.05, 3.63) is 49.6 Å². The third-order valence-corrected chi connectivity index (χ3v) is 9.66. The molecule has 6 aromatic rings. The second kappa shape index (κ2) is 3.07. The zero-order chi connectivity index (χ0) is 15.9. The van der Waals surface area contributed by atoms with Gasteiger partial charge in [-0.05, 0) is 24.3 Å². The first-order valence-corrected chi connectivity index (χ1v) is 9.86. The van der Waals surface area contributed by atoms with Crippen molar-refractivity contribution in [2.24, 2.45) is 0 Å². The number of rotatable bonds is 0. The molecule has 25 heavy (non-hydrogen) atoms. The molecule has 2 aliphatic rings. The van der Waals surface area contributed by atoms with Gasteiger partial charge in [0.25, 0.3) is 0 Å². The zero-order valence-electron chi connectivity index (χ0n) is 12.7. The summed E-state index contributed by atoms with van der Waals surface area (Å²) in [6.07, 6.45) is 7.86. The average molecular weight is 340 g/mol. The van der Waals surface area contributed by atoms with E-state index in [1.807, 2.05) is 49.6 Å². The molecule has 0 aliphatic carbocycles. The van der Waals surface area contributed by atoms with Crippen LogP contribution < -0.4 is 0 Å². The number of benzene rings is 2. The van der Waals surface area contributed by atoms with Crippen LogP contribution >= 0.6 is 0 Å². The predicted molar refractivity (Wildman–Crippen MR) is 93.4 cm³/mol. The molecule has 0 radical (unpaired) electrons. The number of fused-ring (bicyclic) bond motifs is 4. The van der Waals surface area contributed by atoms with Crippen LogP contribution in [0.1, 0.15) is 0 Å². The fourth-order valence-electron chi connectivity index (χ4n) is 4.80. The molecule has 6 heterocycles. The monoisotopic (exact) mass is 340 g/mol. The van der Waals surface area contributed by atoms with Crippen molar-refractivity contribution in [2.75, 3.05) is 0 Å². The molecule has 0 bridgehead atoms. The first kappa shape index (κ1) is 11.2. The van der Waals surface area contributed by atoms with Gasteiger partial charge in [-0.3, -0.25) is 0 Å². The van der Waals surface area contributed by atoms with Crippen LogP contribution in [0.2, 0.25) is 0 Å². The number of hydrogen-bond donors (Lipinski definition) is 0. The van der Waals surface area contributed by atoms with Gasteiger partial charge in [0.15, 0.2) is 0 Å². The van der Waals surface area contributed by atoms with Crippen molar-refractivity contribution in [3.8, 4) is 0 Å². The van der Waals surface area contributed by atoms with E-state index in [9.17, 15) is 0 Å². The summed E-state index contributed by atoms with van der Waals surface area (Å²) in [6, 6.07) is 8.20. The third-order valence-electron chi connectivity index (χ3n) is 5.72. The Hall–Kier alpha value is -3.46. The summed E-state index contributed by atoms with van der Waals surface area (Å²) < 4.78 is 9.37. The molecular weight excluding hydrogens is 332 g/mol. The lowest BCUT2D eigenvalue weighted by molar-refractivity contribution is 0.885. The lowest BCUT2D eigenvalue weighted by Gasteiger charge is -2.27. The van der Waals surface area contributed by atoms with Crippen LogP contribution in [-0.4, -0.2) is 45.6 Å². The molecule has 8 rings (SSSR count). The lowest BCUT2D eigenvalue weighted by Crippen LogP contribution is -2.59. The summed E-state index contributed by atoms with van der Waals surface area (Å²) in [4.78, 5) is 18.6. The molecule has 1 spiro atoms. The molecule has 2 aromatic carbocycles. The van der Waals surface area contributed by atoms with Crippen LogP contribution in [0.15, 0.2) is 49.6 Å². The highest BCUT2D eigenvalue weighted by Crippen LogP contribution is 2.42. The second-order valence-corrected chi connectivity index (χ2v) is 9.79. The molecular formula is C16H8N8Si. The topological polar surface area (TPSA) is 71.3 Å². The molecule has 0 saturated carbocycles. The van der Waals surface area contributed by atoms with Crippen LogP contribution in [-0.2, 0) is 0 Å². The summed E-state index contributed by atoms with van der Waals surface area (Å²) in [5.74, 6) is 0. The highest BCUT2D eigenvalue weighted by atomic mass is 28.4. The number of nitrogens with zero attached hydrogens (tertiary/aromatic N) is 8. The van der Waals surface area contributed by atoms with Crippen molar-refractivity contribution >= 4 is 52.9 Å². The Morgan fingerprint density at radius 2 is 0.760 bits per heavy atom. The van der Waals surface area contributed by atoms with E-state index in [-0.39, 0.29) is 0 Å². The molecule has 0 saturated heterocycles. The molecule has 4 aromatic heterocycles. The van der Waals surface area contributed by atoms with Crippen molar-refractivity contribution < 1.29 is 0 Å². The number of imidazole rings is 4. The molecule has 0 unspecified atom stereocenters. The van der Waals surface area contributed by atoms with Crippen LogP contribution in [0, 0.1) is 0 Å². The molecule has 0 fully saturated rings. The van der Waals surface area contributed by atoms with Gasteiger partial charge in [0.05, 0.1) is 69.4 Å². The van der Waals surface area contributed by atoms with E-state index >= 15 is 0 Å². The Morgan fingerprint density at radius 1 is 0.480 bits per heavy atom. The quantitative estimate of drug-likeness (QED) is 0.394. The Kier molecular flexibility index (Phi) is 1.37. The molecule has 2 aliphatic heterocycles. The van der Waals surface area contributed by atoms with Crippen molar-refractivity contribution in [3.63, 3.8) is 0 Å². The van der Waals surface area contributed by atoms with Crippen LogP contribution in [0.4, 0.5) is 0 Å². The minimum Gasteiger partial charge on any atom is -0.302 e. The van der Waals surface area contributed by atoms with Crippen molar-refractivity contribution in [2.45, 2.75) is 0 Å². The van der Waals surface area contributed by atoms with E-state index in [0.29, 0.717) is 0 Å². The minimum absolute atomic E-state index is 1.00. The van der Waals surface area contributed by atoms with Crippen molar-refractivity contribution in [1.29, 1.82) is 0 Å². The van der Waals surface area contributed by atoms with E-state index in [1.165, 1.54) is 0 Å². The van der Waals surface area contributed by atoms with Gasteiger partial charge in [0.2, 0.25) is 0 Å². The fourth-order valence-corrected chi connectivity index (χ4v) is 9.13. The molecule has 8 nitrogen and oxygen atoms in total. The summed E-state index contributed by atoms with van der Waals surface area (Å²) in [5.41, 5.74) is 8.61. The standard InChI is InChI=1S/C16H8N8Si/c1-2-10-14-13-9(1)17-5-21(13)25(22(14)6-18-10)23-7-19-11-3-4-12-16(15(11)23)24(25)8-20-12/h1-8H. The maximum atomic E-state index is 4.66. The Morgan fingerprint density at radius 3 is 1.04 bits per heavy atom. The van der Waals surface area contributed by atoms with Crippen LogP contribution in [0.3, 0.4) is 0 Å². The largest absolute Gasteiger partial charge is 0.525 e. The minimum atomic E-state index is -2.65. The third kappa shape index (κ3) is 0.861. The lowest BCUT2D eigenvalue weighted by atomic mass is 10.3. The van der Waals surface area contributed by atoms with E-state index in [1.54, 1.807) is 0 Å². The number of aromatic nitrogens is 8. The molecule has 0 N–H and O–H groups in total. The van der Waals surface area contributed by atoms with Gasteiger partial charge in [0, 0.05) is 0 Å². The highest BCUT2D eigenvalue weighted by molar-refractivity contribution is 6.80. The van der Waals surface area contributed by atoms with Crippen LogP contribution in [0.25, 0.3) is 44.1 Å². The molecule has 0 atom stereocenters. The van der Waals surface area contributed by atoms with Gasteiger partial charge < -0.3 is 16.9 Å². The molecule has 0 amide bonds. The summed E-state index contributed by atoms with van der Waals surface area (Å²) >= 11 is 0. The molecule has 9 heteroatoms. The Bertz CT molecular complexity index is 1320. The summed E-state index contributed by atoms with van der Waals surface area (Å²) in [7, 11) is -2.65. The fraction of sp³-hybridized carbons (Fsp3) is 0. The van der Waals surface area contributed by atoms with E-state index in [2.05, 4.69) is 36.9 Å². The van der Waals surface area contributed by atoms with Gasteiger partial charge in [-0.25, -0.2) is 19.9 Å². The number of hydrogen-bond acceptors (Lipinski definition) is 4. The first-order valence-electron chi connectivity index (χ1n) is 8.07. The van der Waals surface area contributed by atoms with Gasteiger partial charge in [-0.15, -0.1) is 0 Å². The second-order valence-electron chi connectivity index (χ2n) is 6.66. The maximum Gasteiger partial charge on any atom is 0.525 e. The smallest absolute Gasteiger partial charge is 0.302 e. The maximum absolute atomic E-state index is 4.66. The van der Waals surface area contributed by atoms with E-state index in [0.717, 1.165) is 44.1 Å².